The summed E-state index contributed by atoms with van der Waals surface area (Å²) in [6, 6.07) is 11.7. The maximum Gasteiger partial charge on any atom is 0.325 e. The SMILES string of the molecule is CCOC(=O)CN(C)c1cc(-c2ccc(F)cc2)nc(-c2ccc(Cl)c(F)c2)n1. The van der Waals surface area contributed by atoms with Crippen molar-refractivity contribution in [2.24, 2.45) is 0 Å². The van der Waals surface area contributed by atoms with E-state index in [1.54, 1.807) is 43.1 Å². The zero-order valence-electron chi connectivity index (χ0n) is 15.8. The standard InChI is InChI=1S/C21H18ClF2N3O2/c1-3-29-20(28)12-27(2)19-11-18(13-4-7-15(23)8-5-13)25-21(26-19)14-6-9-16(22)17(24)10-14/h4-11H,3,12H2,1-2H3. The first kappa shape index (κ1) is 20.7. The Morgan fingerprint density at radius 2 is 1.76 bits per heavy atom. The number of carbonyl (C=O) groups is 1. The maximum absolute atomic E-state index is 13.9. The van der Waals surface area contributed by atoms with E-state index in [0.717, 1.165) is 0 Å². The van der Waals surface area contributed by atoms with Crippen molar-refractivity contribution >= 4 is 23.4 Å². The molecule has 5 nitrogen and oxygen atoms in total. The molecular formula is C21H18ClF2N3O2. The molecule has 0 aliphatic heterocycles. The molecule has 0 fully saturated rings. The van der Waals surface area contributed by atoms with E-state index in [-0.39, 0.29) is 29.8 Å². The summed E-state index contributed by atoms with van der Waals surface area (Å²) in [6.07, 6.45) is 0. The molecule has 29 heavy (non-hydrogen) atoms. The van der Waals surface area contributed by atoms with Crippen LogP contribution in [0.25, 0.3) is 22.6 Å². The van der Waals surface area contributed by atoms with Crippen LogP contribution in [0, 0.1) is 11.6 Å². The van der Waals surface area contributed by atoms with Crippen LogP contribution in [-0.4, -0.2) is 36.1 Å². The number of rotatable bonds is 6. The Morgan fingerprint density at radius 3 is 2.41 bits per heavy atom. The van der Waals surface area contributed by atoms with E-state index in [2.05, 4.69) is 9.97 Å². The number of aromatic nitrogens is 2. The molecule has 0 bridgehead atoms. The molecule has 0 spiro atoms. The van der Waals surface area contributed by atoms with Gasteiger partial charge in [-0.1, -0.05) is 11.6 Å². The highest BCUT2D eigenvalue weighted by Gasteiger charge is 2.15. The van der Waals surface area contributed by atoms with Gasteiger partial charge in [-0.2, -0.15) is 0 Å². The fraction of sp³-hybridized carbons (Fsp3) is 0.190. The number of hydrogen-bond donors (Lipinski definition) is 0. The quantitative estimate of drug-likeness (QED) is 0.542. The van der Waals surface area contributed by atoms with Crippen LogP contribution < -0.4 is 4.90 Å². The van der Waals surface area contributed by atoms with Gasteiger partial charge >= 0.3 is 5.97 Å². The molecule has 8 heteroatoms. The summed E-state index contributed by atoms with van der Waals surface area (Å²) in [7, 11) is 1.68. The van der Waals surface area contributed by atoms with Gasteiger partial charge in [-0.25, -0.2) is 18.7 Å². The number of benzene rings is 2. The van der Waals surface area contributed by atoms with Crippen molar-refractivity contribution in [2.75, 3.05) is 25.1 Å². The third-order valence-electron chi connectivity index (χ3n) is 4.09. The zero-order chi connectivity index (χ0) is 21.0. The summed E-state index contributed by atoms with van der Waals surface area (Å²) in [5.74, 6) is -0.703. The van der Waals surface area contributed by atoms with Crippen LogP contribution in [0.15, 0.2) is 48.5 Å². The van der Waals surface area contributed by atoms with Gasteiger partial charge in [0.25, 0.3) is 0 Å². The summed E-state index contributed by atoms with van der Waals surface area (Å²) in [6.45, 7) is 1.97. The van der Waals surface area contributed by atoms with Crippen LogP contribution in [0.3, 0.4) is 0 Å². The Morgan fingerprint density at radius 1 is 1.07 bits per heavy atom. The minimum atomic E-state index is -0.596. The fourth-order valence-electron chi connectivity index (χ4n) is 2.64. The monoisotopic (exact) mass is 417 g/mol. The van der Waals surface area contributed by atoms with Gasteiger partial charge in [0.1, 0.15) is 24.0 Å². The number of anilines is 1. The van der Waals surface area contributed by atoms with Crippen molar-refractivity contribution in [2.45, 2.75) is 6.92 Å². The lowest BCUT2D eigenvalue weighted by Gasteiger charge is -2.19. The van der Waals surface area contributed by atoms with Gasteiger partial charge in [0.05, 0.1) is 17.3 Å². The zero-order valence-corrected chi connectivity index (χ0v) is 16.6. The molecule has 0 N–H and O–H groups in total. The molecule has 0 unspecified atom stereocenters. The van der Waals surface area contributed by atoms with E-state index in [9.17, 15) is 13.6 Å². The molecule has 150 valence electrons. The topological polar surface area (TPSA) is 55.3 Å². The van der Waals surface area contributed by atoms with Crippen molar-refractivity contribution in [1.29, 1.82) is 0 Å². The summed E-state index contributed by atoms with van der Waals surface area (Å²) in [5.41, 5.74) is 1.56. The number of hydrogen-bond acceptors (Lipinski definition) is 5. The van der Waals surface area contributed by atoms with Crippen LogP contribution in [-0.2, 0) is 9.53 Å². The number of carbonyl (C=O) groups excluding carboxylic acids is 1. The van der Waals surface area contributed by atoms with Crippen molar-refractivity contribution in [3.63, 3.8) is 0 Å². The third-order valence-corrected chi connectivity index (χ3v) is 4.40. The second-order valence-corrected chi connectivity index (χ2v) is 6.64. The highest BCUT2D eigenvalue weighted by molar-refractivity contribution is 6.30. The number of nitrogens with zero attached hydrogens (tertiary/aromatic N) is 3. The average Bonchev–Trinajstić information content (AvgIpc) is 2.70. The Labute approximate surface area is 171 Å². The lowest BCUT2D eigenvalue weighted by atomic mass is 10.1. The minimum Gasteiger partial charge on any atom is -0.465 e. The van der Waals surface area contributed by atoms with E-state index in [4.69, 9.17) is 16.3 Å². The molecule has 0 radical (unpaired) electrons. The maximum atomic E-state index is 13.9. The van der Waals surface area contributed by atoms with Gasteiger partial charge in [0, 0.05) is 24.2 Å². The first-order valence-corrected chi connectivity index (χ1v) is 9.22. The number of likely N-dealkylation sites (N-methyl/N-ethyl adjacent to an activating group) is 1. The molecule has 2 aromatic carbocycles. The first-order valence-electron chi connectivity index (χ1n) is 8.84. The van der Waals surface area contributed by atoms with E-state index >= 15 is 0 Å². The van der Waals surface area contributed by atoms with Crippen LogP contribution in [0.2, 0.25) is 5.02 Å². The fourth-order valence-corrected chi connectivity index (χ4v) is 2.76. The second-order valence-electron chi connectivity index (χ2n) is 6.23. The van der Waals surface area contributed by atoms with Crippen LogP contribution >= 0.6 is 11.6 Å². The van der Waals surface area contributed by atoms with E-state index < -0.39 is 11.8 Å². The Bertz CT molecular complexity index is 1030. The molecule has 1 heterocycles. The van der Waals surface area contributed by atoms with E-state index in [1.165, 1.54) is 24.3 Å². The number of halogens is 3. The van der Waals surface area contributed by atoms with Crippen molar-refractivity contribution in [1.82, 2.24) is 9.97 Å². The highest BCUT2D eigenvalue weighted by Crippen LogP contribution is 2.27. The predicted octanol–water partition coefficient (Wildman–Crippen LogP) is 4.74. The van der Waals surface area contributed by atoms with Crippen LogP contribution in [0.1, 0.15) is 6.92 Å². The smallest absolute Gasteiger partial charge is 0.325 e. The summed E-state index contributed by atoms with van der Waals surface area (Å²) < 4.78 is 32.2. The van der Waals surface area contributed by atoms with Gasteiger partial charge in [0.2, 0.25) is 0 Å². The van der Waals surface area contributed by atoms with Crippen LogP contribution in [0.4, 0.5) is 14.6 Å². The normalized spacial score (nSPS) is 10.7. The summed E-state index contributed by atoms with van der Waals surface area (Å²) >= 11 is 5.77. The average molecular weight is 418 g/mol. The van der Waals surface area contributed by atoms with Gasteiger partial charge in [0.15, 0.2) is 5.82 Å². The van der Waals surface area contributed by atoms with Gasteiger partial charge in [-0.15, -0.1) is 0 Å². The molecule has 3 rings (SSSR count). The minimum absolute atomic E-state index is 0.0110. The Hall–Kier alpha value is -3.06. The second kappa shape index (κ2) is 8.96. The lowest BCUT2D eigenvalue weighted by Crippen LogP contribution is -2.28. The largest absolute Gasteiger partial charge is 0.465 e. The molecular weight excluding hydrogens is 400 g/mol. The number of esters is 1. The molecule has 0 amide bonds. The van der Waals surface area contributed by atoms with Crippen molar-refractivity contribution in [3.8, 4) is 22.6 Å². The van der Waals surface area contributed by atoms with Crippen molar-refractivity contribution < 1.29 is 18.3 Å². The predicted molar refractivity (Wildman–Crippen MR) is 108 cm³/mol. The lowest BCUT2D eigenvalue weighted by molar-refractivity contribution is -0.141. The molecule has 0 aliphatic rings. The summed E-state index contributed by atoms with van der Waals surface area (Å²) in [4.78, 5) is 22.4. The number of ether oxygens (including phenoxy) is 1. The summed E-state index contributed by atoms with van der Waals surface area (Å²) in [5, 5.41) is -0.0110. The molecule has 3 aromatic rings. The third kappa shape index (κ3) is 5.06. The van der Waals surface area contributed by atoms with Gasteiger partial charge in [-0.3, -0.25) is 4.79 Å². The Kier molecular flexibility index (Phi) is 6.39. The molecule has 0 saturated carbocycles. The van der Waals surface area contributed by atoms with Gasteiger partial charge in [-0.05, 0) is 49.4 Å². The first-order chi connectivity index (χ1) is 13.9. The molecule has 0 atom stereocenters. The van der Waals surface area contributed by atoms with Gasteiger partial charge < -0.3 is 9.64 Å². The van der Waals surface area contributed by atoms with Crippen LogP contribution in [0.5, 0.6) is 0 Å². The molecule has 0 saturated heterocycles. The van der Waals surface area contributed by atoms with E-state index in [1.807, 2.05) is 0 Å². The molecule has 0 aliphatic carbocycles. The van der Waals surface area contributed by atoms with E-state index in [0.29, 0.717) is 22.6 Å². The molecule has 1 aromatic heterocycles. The Balaban J connectivity index is 2.07. The van der Waals surface area contributed by atoms with Crippen molar-refractivity contribution in [3.05, 3.63) is 65.2 Å². The highest BCUT2D eigenvalue weighted by atomic mass is 35.5.